The summed E-state index contributed by atoms with van der Waals surface area (Å²) < 4.78 is 3.00. The van der Waals surface area contributed by atoms with E-state index in [0.29, 0.717) is 27.9 Å². The molecule has 0 saturated carbocycles. The minimum atomic E-state index is -0.247. The molecule has 0 radical (unpaired) electrons. The Kier molecular flexibility index (Phi) is 3.92. The SMILES string of the molecule is Cc1nc2ccccn2c1C(=O)NCCn1nnc2ccccc2c1=O. The summed E-state index contributed by atoms with van der Waals surface area (Å²) in [5.41, 5.74) is 2.18. The van der Waals surface area contributed by atoms with Crippen molar-refractivity contribution in [3.63, 3.8) is 0 Å². The third-order valence-corrected chi connectivity index (χ3v) is 4.16. The van der Waals surface area contributed by atoms with Crippen LogP contribution in [-0.2, 0) is 6.54 Å². The van der Waals surface area contributed by atoms with Gasteiger partial charge >= 0.3 is 0 Å². The monoisotopic (exact) mass is 348 g/mol. The Morgan fingerprint density at radius 3 is 2.85 bits per heavy atom. The average molecular weight is 348 g/mol. The average Bonchev–Trinajstić information content (AvgIpc) is 2.99. The van der Waals surface area contributed by atoms with Gasteiger partial charge < -0.3 is 5.32 Å². The molecule has 1 amide bonds. The van der Waals surface area contributed by atoms with Gasteiger partial charge in [-0.25, -0.2) is 9.67 Å². The van der Waals surface area contributed by atoms with Gasteiger partial charge in [-0.2, -0.15) is 0 Å². The summed E-state index contributed by atoms with van der Waals surface area (Å²) in [7, 11) is 0. The molecule has 0 aliphatic carbocycles. The molecule has 26 heavy (non-hydrogen) atoms. The number of carbonyl (C=O) groups excluding carboxylic acids is 1. The lowest BCUT2D eigenvalue weighted by atomic mass is 10.2. The molecule has 0 spiro atoms. The number of carbonyl (C=O) groups is 1. The molecule has 0 fully saturated rings. The first-order valence-electron chi connectivity index (χ1n) is 8.19. The van der Waals surface area contributed by atoms with Crippen LogP contribution in [0.2, 0.25) is 0 Å². The number of aryl methyl sites for hydroxylation is 1. The fourth-order valence-electron chi connectivity index (χ4n) is 2.92. The molecule has 1 N–H and O–H groups in total. The van der Waals surface area contributed by atoms with Crippen LogP contribution >= 0.6 is 0 Å². The van der Waals surface area contributed by atoms with E-state index in [4.69, 9.17) is 0 Å². The molecule has 0 atom stereocenters. The van der Waals surface area contributed by atoms with Crippen molar-refractivity contribution in [3.05, 3.63) is 70.4 Å². The second kappa shape index (κ2) is 6.40. The van der Waals surface area contributed by atoms with Crippen LogP contribution < -0.4 is 10.9 Å². The van der Waals surface area contributed by atoms with Crippen LogP contribution in [0.25, 0.3) is 16.6 Å². The van der Waals surface area contributed by atoms with Gasteiger partial charge in [0.15, 0.2) is 0 Å². The fourth-order valence-corrected chi connectivity index (χ4v) is 2.92. The zero-order valence-electron chi connectivity index (χ0n) is 14.1. The molecule has 0 unspecified atom stereocenters. The van der Waals surface area contributed by atoms with Crippen LogP contribution in [0, 0.1) is 6.92 Å². The molecule has 3 heterocycles. The lowest BCUT2D eigenvalue weighted by Crippen LogP contribution is -2.33. The van der Waals surface area contributed by atoms with Gasteiger partial charge in [0.1, 0.15) is 16.9 Å². The Hall–Kier alpha value is -3.55. The molecule has 4 aromatic rings. The Balaban J connectivity index is 1.51. The summed E-state index contributed by atoms with van der Waals surface area (Å²) in [4.78, 5) is 29.3. The second-order valence-corrected chi connectivity index (χ2v) is 5.87. The van der Waals surface area contributed by atoms with Crippen molar-refractivity contribution in [1.82, 2.24) is 29.7 Å². The van der Waals surface area contributed by atoms with Crippen LogP contribution in [0.4, 0.5) is 0 Å². The van der Waals surface area contributed by atoms with Crippen molar-refractivity contribution in [1.29, 1.82) is 0 Å². The van der Waals surface area contributed by atoms with Crippen LogP contribution in [0.5, 0.6) is 0 Å². The maximum atomic E-state index is 12.5. The summed E-state index contributed by atoms with van der Waals surface area (Å²) in [6, 6.07) is 12.6. The van der Waals surface area contributed by atoms with Crippen LogP contribution in [-0.4, -0.2) is 36.8 Å². The van der Waals surface area contributed by atoms with Crippen molar-refractivity contribution in [2.45, 2.75) is 13.5 Å². The van der Waals surface area contributed by atoms with E-state index in [1.807, 2.05) is 18.2 Å². The molecule has 1 aromatic carbocycles. The Morgan fingerprint density at radius 1 is 1.15 bits per heavy atom. The Bertz CT molecular complexity index is 1180. The molecule has 0 aliphatic rings. The molecule has 8 heteroatoms. The van der Waals surface area contributed by atoms with Gasteiger partial charge in [0.05, 0.1) is 17.6 Å². The molecule has 8 nitrogen and oxygen atoms in total. The summed E-state index contributed by atoms with van der Waals surface area (Å²) in [6.45, 7) is 2.28. The predicted octanol–water partition coefficient (Wildman–Crippen LogP) is 1.18. The van der Waals surface area contributed by atoms with E-state index >= 15 is 0 Å². The highest BCUT2D eigenvalue weighted by molar-refractivity contribution is 5.94. The maximum absolute atomic E-state index is 12.5. The molecular formula is C18H16N6O2. The van der Waals surface area contributed by atoms with Gasteiger partial charge in [-0.1, -0.05) is 23.4 Å². The quantitative estimate of drug-likeness (QED) is 0.598. The molecular weight excluding hydrogens is 332 g/mol. The van der Waals surface area contributed by atoms with Gasteiger partial charge in [0.25, 0.3) is 11.5 Å². The molecule has 3 aromatic heterocycles. The van der Waals surface area contributed by atoms with E-state index < -0.39 is 0 Å². The van der Waals surface area contributed by atoms with Gasteiger partial charge in [0.2, 0.25) is 0 Å². The van der Waals surface area contributed by atoms with E-state index in [9.17, 15) is 9.59 Å². The fraction of sp³-hybridized carbons (Fsp3) is 0.167. The van der Waals surface area contributed by atoms with Crippen molar-refractivity contribution < 1.29 is 4.79 Å². The first kappa shape index (κ1) is 15.9. The number of benzene rings is 1. The molecule has 4 rings (SSSR count). The minimum absolute atomic E-state index is 0.226. The third kappa shape index (κ3) is 2.71. The van der Waals surface area contributed by atoms with Gasteiger partial charge in [-0.05, 0) is 31.2 Å². The number of fused-ring (bicyclic) bond motifs is 2. The maximum Gasteiger partial charge on any atom is 0.277 e. The van der Waals surface area contributed by atoms with Gasteiger partial charge in [0, 0.05) is 12.7 Å². The number of imidazole rings is 1. The standard InChI is InChI=1S/C18H16N6O2/c1-12-16(23-10-5-4-8-15(23)20-12)17(25)19-9-11-24-18(26)13-6-2-3-7-14(13)21-22-24/h2-8,10H,9,11H2,1H3,(H,19,25). The third-order valence-electron chi connectivity index (χ3n) is 4.16. The molecule has 0 saturated heterocycles. The number of amides is 1. The van der Waals surface area contributed by atoms with E-state index in [-0.39, 0.29) is 24.6 Å². The van der Waals surface area contributed by atoms with Crippen molar-refractivity contribution in [3.8, 4) is 0 Å². The Morgan fingerprint density at radius 2 is 1.96 bits per heavy atom. The number of hydrogen-bond acceptors (Lipinski definition) is 5. The number of nitrogens with zero attached hydrogens (tertiary/aromatic N) is 5. The lowest BCUT2D eigenvalue weighted by molar-refractivity contribution is 0.0945. The molecule has 0 bridgehead atoms. The molecule has 0 aliphatic heterocycles. The van der Waals surface area contributed by atoms with E-state index in [1.165, 1.54) is 4.68 Å². The largest absolute Gasteiger partial charge is 0.349 e. The van der Waals surface area contributed by atoms with Gasteiger partial charge in [-0.15, -0.1) is 5.10 Å². The highest BCUT2D eigenvalue weighted by atomic mass is 16.2. The van der Waals surface area contributed by atoms with Crippen molar-refractivity contribution >= 4 is 22.5 Å². The van der Waals surface area contributed by atoms with E-state index in [0.717, 1.165) is 0 Å². The topological polar surface area (TPSA) is 94.2 Å². The van der Waals surface area contributed by atoms with Gasteiger partial charge in [-0.3, -0.25) is 14.0 Å². The van der Waals surface area contributed by atoms with E-state index in [2.05, 4.69) is 20.6 Å². The lowest BCUT2D eigenvalue weighted by Gasteiger charge is -2.07. The highest BCUT2D eigenvalue weighted by Crippen LogP contribution is 2.11. The number of hydrogen-bond donors (Lipinski definition) is 1. The summed E-state index contributed by atoms with van der Waals surface area (Å²) >= 11 is 0. The summed E-state index contributed by atoms with van der Waals surface area (Å²) in [5, 5.41) is 11.3. The first-order valence-corrected chi connectivity index (χ1v) is 8.19. The summed E-state index contributed by atoms with van der Waals surface area (Å²) in [5.74, 6) is -0.247. The predicted molar refractivity (Wildman–Crippen MR) is 96.1 cm³/mol. The highest BCUT2D eigenvalue weighted by Gasteiger charge is 2.16. The number of rotatable bonds is 4. The number of pyridine rings is 1. The number of nitrogens with one attached hydrogen (secondary N) is 1. The van der Waals surface area contributed by atoms with Crippen LogP contribution in [0.3, 0.4) is 0 Å². The molecule has 130 valence electrons. The van der Waals surface area contributed by atoms with E-state index in [1.54, 1.807) is 41.8 Å². The van der Waals surface area contributed by atoms with Crippen LogP contribution in [0.1, 0.15) is 16.2 Å². The zero-order chi connectivity index (χ0) is 18.1. The first-order chi connectivity index (χ1) is 12.6. The zero-order valence-corrected chi connectivity index (χ0v) is 14.1. The second-order valence-electron chi connectivity index (χ2n) is 5.87. The van der Waals surface area contributed by atoms with Crippen molar-refractivity contribution in [2.75, 3.05) is 6.54 Å². The Labute approximate surface area is 148 Å². The van der Waals surface area contributed by atoms with Crippen LogP contribution in [0.15, 0.2) is 53.5 Å². The smallest absolute Gasteiger partial charge is 0.277 e. The summed E-state index contributed by atoms with van der Waals surface area (Å²) in [6.07, 6.45) is 1.80. The minimum Gasteiger partial charge on any atom is -0.349 e. The normalized spacial score (nSPS) is 11.1. The van der Waals surface area contributed by atoms with Crippen molar-refractivity contribution in [2.24, 2.45) is 0 Å². The number of aromatic nitrogens is 5.